The first-order valence-electron chi connectivity index (χ1n) is 6.75. The van der Waals surface area contributed by atoms with E-state index in [4.69, 9.17) is 15.2 Å². The van der Waals surface area contributed by atoms with Gasteiger partial charge in [0, 0.05) is 0 Å². The second-order valence-corrected chi connectivity index (χ2v) is 4.76. The van der Waals surface area contributed by atoms with Gasteiger partial charge in [0.1, 0.15) is 25.2 Å². The Hall–Kier alpha value is -3.04. The summed E-state index contributed by atoms with van der Waals surface area (Å²) in [5.74, 6) is -1.07. The predicted octanol–water partition coefficient (Wildman–Crippen LogP) is 1.73. The van der Waals surface area contributed by atoms with Gasteiger partial charge in [0.25, 0.3) is 5.91 Å². The Labute approximate surface area is 133 Å². The first-order chi connectivity index (χ1) is 11.4. The van der Waals surface area contributed by atoms with Crippen molar-refractivity contribution in [2.75, 3.05) is 13.2 Å². The Bertz CT molecular complexity index is 814. The molecule has 126 valence electrons. The molecule has 0 radical (unpaired) electrons. The first-order valence-corrected chi connectivity index (χ1v) is 6.75. The summed E-state index contributed by atoms with van der Waals surface area (Å²) >= 11 is 0. The molecule has 1 aliphatic rings. The predicted molar refractivity (Wildman–Crippen MR) is 74.8 cm³/mol. The minimum absolute atomic E-state index is 0.137. The molecular weight excluding hydrogens is 329 g/mol. The van der Waals surface area contributed by atoms with E-state index in [0.29, 0.717) is 23.7 Å². The third kappa shape index (κ3) is 2.90. The fourth-order valence-corrected chi connectivity index (χ4v) is 2.16. The summed E-state index contributed by atoms with van der Waals surface area (Å²) in [7, 11) is 0. The molecule has 0 atom stereocenters. The Morgan fingerprint density at radius 3 is 2.71 bits per heavy atom. The van der Waals surface area contributed by atoms with Crippen LogP contribution in [0.2, 0.25) is 0 Å². The molecule has 0 bridgehead atoms. The number of carbonyl (C=O) groups excluding carboxylic acids is 1. The molecule has 10 heteroatoms. The molecule has 0 saturated carbocycles. The summed E-state index contributed by atoms with van der Waals surface area (Å²) in [6.45, 7) is 0.682. The highest BCUT2D eigenvalue weighted by Gasteiger charge is 2.40. The van der Waals surface area contributed by atoms with Crippen LogP contribution >= 0.6 is 0 Å². The van der Waals surface area contributed by atoms with E-state index in [9.17, 15) is 18.0 Å². The number of halogens is 3. The van der Waals surface area contributed by atoms with Crippen LogP contribution in [0.4, 0.5) is 13.2 Å². The van der Waals surface area contributed by atoms with Crippen molar-refractivity contribution in [3.8, 4) is 5.82 Å². The van der Waals surface area contributed by atoms with Crippen molar-refractivity contribution < 1.29 is 27.4 Å². The number of pyridine rings is 1. The number of hydrogen-bond donors (Lipinski definition) is 1. The lowest BCUT2D eigenvalue weighted by Gasteiger charge is -2.16. The highest BCUT2D eigenvalue weighted by molar-refractivity contribution is 5.94. The lowest BCUT2D eigenvalue weighted by molar-refractivity contribution is -0.143. The highest BCUT2D eigenvalue weighted by atomic mass is 19.4. The van der Waals surface area contributed by atoms with Gasteiger partial charge in [0.05, 0.1) is 11.8 Å². The lowest BCUT2D eigenvalue weighted by Crippen LogP contribution is -2.21. The second kappa shape index (κ2) is 5.87. The Morgan fingerprint density at radius 1 is 1.29 bits per heavy atom. The summed E-state index contributed by atoms with van der Waals surface area (Å²) in [5, 5.41) is 3.60. The minimum atomic E-state index is -4.83. The number of nitrogens with zero attached hydrogens (tertiary/aromatic N) is 3. The van der Waals surface area contributed by atoms with Crippen molar-refractivity contribution in [1.82, 2.24) is 14.8 Å². The molecule has 0 fully saturated rings. The van der Waals surface area contributed by atoms with Gasteiger partial charge in [-0.15, -0.1) is 0 Å². The first kappa shape index (κ1) is 15.8. The zero-order chi connectivity index (χ0) is 17.3. The summed E-state index contributed by atoms with van der Waals surface area (Å²) in [6, 6.07) is 4.36. The average Bonchev–Trinajstić information content (AvgIpc) is 3.01. The molecule has 24 heavy (non-hydrogen) atoms. The van der Waals surface area contributed by atoms with E-state index in [2.05, 4.69) is 10.1 Å². The molecule has 2 aromatic rings. The number of ether oxygens (including phenoxy) is 2. The van der Waals surface area contributed by atoms with Crippen LogP contribution in [0, 0.1) is 0 Å². The van der Waals surface area contributed by atoms with Crippen LogP contribution in [0.15, 0.2) is 30.7 Å². The van der Waals surface area contributed by atoms with Crippen LogP contribution in [-0.4, -0.2) is 33.9 Å². The Kier molecular flexibility index (Phi) is 3.87. The number of carbonyl (C=O) groups is 1. The number of nitrogens with two attached hydrogens (primary N) is 1. The summed E-state index contributed by atoms with van der Waals surface area (Å²) in [4.78, 5) is 15.3. The topological polar surface area (TPSA) is 92.3 Å². The third-order valence-corrected chi connectivity index (χ3v) is 3.16. The number of alkyl halides is 3. The van der Waals surface area contributed by atoms with Gasteiger partial charge in [-0.3, -0.25) is 4.79 Å². The van der Waals surface area contributed by atoms with Crippen molar-refractivity contribution in [3.05, 3.63) is 47.6 Å². The molecule has 2 aromatic heterocycles. The van der Waals surface area contributed by atoms with Crippen molar-refractivity contribution in [3.63, 3.8) is 0 Å². The van der Waals surface area contributed by atoms with E-state index in [0.717, 1.165) is 6.20 Å². The molecule has 0 unspecified atom stereocenters. The van der Waals surface area contributed by atoms with Crippen LogP contribution in [0.1, 0.15) is 21.7 Å². The van der Waals surface area contributed by atoms with Crippen molar-refractivity contribution in [2.24, 2.45) is 5.73 Å². The molecule has 0 aliphatic carbocycles. The van der Waals surface area contributed by atoms with Crippen molar-refractivity contribution in [2.45, 2.75) is 6.18 Å². The molecule has 2 N–H and O–H groups in total. The van der Waals surface area contributed by atoms with E-state index in [1.54, 1.807) is 6.07 Å². The molecule has 1 aliphatic heterocycles. The molecule has 0 spiro atoms. The molecule has 0 saturated heterocycles. The van der Waals surface area contributed by atoms with Crippen molar-refractivity contribution in [1.29, 1.82) is 0 Å². The molecule has 3 heterocycles. The Morgan fingerprint density at radius 2 is 2.08 bits per heavy atom. The maximum atomic E-state index is 13.3. The van der Waals surface area contributed by atoms with E-state index >= 15 is 0 Å². The van der Waals surface area contributed by atoms with Crippen LogP contribution < -0.4 is 5.73 Å². The fraction of sp³-hybridized carbons (Fsp3) is 0.214. The molecule has 3 rings (SSSR count). The maximum absolute atomic E-state index is 13.3. The number of hydrogen-bond acceptors (Lipinski definition) is 5. The van der Waals surface area contributed by atoms with Crippen LogP contribution in [0.3, 0.4) is 0 Å². The number of amides is 1. The summed E-state index contributed by atoms with van der Waals surface area (Å²) in [5.41, 5.74) is 3.25. The van der Waals surface area contributed by atoms with E-state index in [1.807, 2.05) is 0 Å². The minimum Gasteiger partial charge on any atom is -0.494 e. The summed E-state index contributed by atoms with van der Waals surface area (Å²) in [6.07, 6.45) is -2.74. The van der Waals surface area contributed by atoms with Gasteiger partial charge in [-0.2, -0.15) is 18.3 Å². The standard InChI is InChI=1S/C14H11F3N4O3/c15-14(16,17)12-8(13(18)22)6-19-21(12)11-3-1-2-9(20-11)10-7-23-4-5-24-10/h1-3,6-7H,4-5H2,(H2,18,22). The highest BCUT2D eigenvalue weighted by Crippen LogP contribution is 2.33. The van der Waals surface area contributed by atoms with Gasteiger partial charge in [-0.1, -0.05) is 6.07 Å². The zero-order valence-electron chi connectivity index (χ0n) is 12.1. The molecular formula is C14H11F3N4O3. The van der Waals surface area contributed by atoms with Gasteiger partial charge < -0.3 is 15.2 Å². The number of aromatic nitrogens is 3. The Balaban J connectivity index is 2.10. The molecule has 0 aromatic carbocycles. The van der Waals surface area contributed by atoms with Gasteiger partial charge in [0.2, 0.25) is 0 Å². The van der Waals surface area contributed by atoms with Gasteiger partial charge in [0.15, 0.2) is 17.3 Å². The molecule has 7 nitrogen and oxygen atoms in total. The van der Waals surface area contributed by atoms with Crippen LogP contribution in [-0.2, 0) is 15.7 Å². The number of rotatable bonds is 3. The second-order valence-electron chi connectivity index (χ2n) is 4.76. The van der Waals surface area contributed by atoms with E-state index in [-0.39, 0.29) is 11.5 Å². The normalized spacial score (nSPS) is 14.5. The van der Waals surface area contributed by atoms with Crippen LogP contribution in [0.25, 0.3) is 11.6 Å². The average molecular weight is 340 g/mol. The fourth-order valence-electron chi connectivity index (χ4n) is 2.16. The van der Waals surface area contributed by atoms with Crippen LogP contribution in [0.5, 0.6) is 0 Å². The largest absolute Gasteiger partial charge is 0.494 e. The monoisotopic (exact) mass is 340 g/mol. The summed E-state index contributed by atoms with van der Waals surface area (Å²) < 4.78 is 50.8. The van der Waals surface area contributed by atoms with Crippen molar-refractivity contribution >= 4 is 11.7 Å². The van der Waals surface area contributed by atoms with E-state index < -0.39 is 23.3 Å². The zero-order valence-corrected chi connectivity index (χ0v) is 12.1. The van der Waals surface area contributed by atoms with Gasteiger partial charge in [-0.05, 0) is 12.1 Å². The maximum Gasteiger partial charge on any atom is 0.434 e. The smallest absolute Gasteiger partial charge is 0.434 e. The molecule has 1 amide bonds. The van der Waals surface area contributed by atoms with Gasteiger partial charge >= 0.3 is 6.18 Å². The quantitative estimate of drug-likeness (QED) is 0.919. The third-order valence-electron chi connectivity index (χ3n) is 3.16. The van der Waals surface area contributed by atoms with Gasteiger partial charge in [-0.25, -0.2) is 9.67 Å². The lowest BCUT2D eigenvalue weighted by atomic mass is 10.2. The van der Waals surface area contributed by atoms with E-state index in [1.165, 1.54) is 18.4 Å². The SMILES string of the molecule is NC(=O)c1cnn(-c2cccc(C3=COCCO3)n2)c1C(F)(F)F. The number of primary amides is 1.